The molecule has 0 unspecified atom stereocenters. The molecule has 0 bridgehead atoms. The summed E-state index contributed by atoms with van der Waals surface area (Å²) in [5.74, 6) is 2.00. The Morgan fingerprint density at radius 2 is 1.81 bits per heavy atom. The number of methoxy groups -OCH3 is 1. The highest BCUT2D eigenvalue weighted by molar-refractivity contribution is 6.01. The zero-order chi connectivity index (χ0) is 22.2. The highest BCUT2D eigenvalue weighted by Crippen LogP contribution is 2.33. The maximum Gasteiger partial charge on any atom is 0.293 e. The molecule has 3 aromatic rings. The maximum atomic E-state index is 12.9. The molecule has 2 atom stereocenters. The fourth-order valence-corrected chi connectivity index (χ4v) is 4.54. The zero-order valence-electron chi connectivity index (χ0n) is 18.0. The summed E-state index contributed by atoms with van der Waals surface area (Å²) >= 11 is 0. The second kappa shape index (κ2) is 8.07. The molecule has 2 aromatic heterocycles. The maximum absolute atomic E-state index is 12.9. The third kappa shape index (κ3) is 3.70. The van der Waals surface area contributed by atoms with Crippen LogP contribution in [0.4, 0.5) is 5.69 Å². The molecule has 164 valence electrons. The van der Waals surface area contributed by atoms with Crippen molar-refractivity contribution in [1.29, 1.82) is 0 Å². The molecule has 5 rings (SSSR count). The Balaban J connectivity index is 1.29. The number of pyridine rings is 1. The van der Waals surface area contributed by atoms with Crippen molar-refractivity contribution < 1.29 is 14.3 Å². The normalized spacial score (nSPS) is 19.2. The van der Waals surface area contributed by atoms with Crippen LogP contribution in [0.15, 0.2) is 42.5 Å². The smallest absolute Gasteiger partial charge is 0.293 e. The van der Waals surface area contributed by atoms with E-state index in [0.717, 1.165) is 17.3 Å². The van der Waals surface area contributed by atoms with Crippen LogP contribution in [0, 0.1) is 18.8 Å². The number of nitrogens with zero attached hydrogens (tertiary/aromatic N) is 5. The van der Waals surface area contributed by atoms with Crippen molar-refractivity contribution in [1.82, 2.24) is 24.6 Å². The van der Waals surface area contributed by atoms with Crippen LogP contribution in [0.25, 0.3) is 0 Å². The minimum Gasteiger partial charge on any atom is -0.497 e. The minimum atomic E-state index is -0.303. The number of likely N-dealkylation sites (tertiary alicyclic amines) is 1. The first kappa shape index (κ1) is 20.2. The van der Waals surface area contributed by atoms with Gasteiger partial charge in [0.15, 0.2) is 0 Å². The summed E-state index contributed by atoms with van der Waals surface area (Å²) in [4.78, 5) is 32.0. The van der Waals surface area contributed by atoms with Crippen LogP contribution in [-0.4, -0.2) is 56.7 Å². The van der Waals surface area contributed by atoms with E-state index in [1.54, 1.807) is 37.4 Å². The van der Waals surface area contributed by atoms with Crippen molar-refractivity contribution in [2.24, 2.45) is 11.8 Å². The largest absolute Gasteiger partial charge is 0.497 e. The molecule has 0 saturated carbocycles. The highest BCUT2D eigenvalue weighted by atomic mass is 16.5. The molecule has 0 spiro atoms. The van der Waals surface area contributed by atoms with Gasteiger partial charge in [0.25, 0.3) is 11.8 Å². The van der Waals surface area contributed by atoms with Gasteiger partial charge in [0.2, 0.25) is 5.82 Å². The van der Waals surface area contributed by atoms with Gasteiger partial charge in [-0.05, 0) is 55.2 Å². The lowest BCUT2D eigenvalue weighted by Gasteiger charge is -2.25. The number of amides is 2. The summed E-state index contributed by atoms with van der Waals surface area (Å²) < 4.78 is 7.04. The predicted octanol–water partition coefficient (Wildman–Crippen LogP) is 2.19. The van der Waals surface area contributed by atoms with E-state index in [2.05, 4.69) is 20.5 Å². The average Bonchev–Trinajstić information content (AvgIpc) is 3.41. The number of carbonyl (C=O) groups is 2. The number of anilines is 1. The summed E-state index contributed by atoms with van der Waals surface area (Å²) in [6.45, 7) is 3.80. The van der Waals surface area contributed by atoms with Crippen molar-refractivity contribution in [3.8, 4) is 5.75 Å². The van der Waals surface area contributed by atoms with Gasteiger partial charge in [-0.1, -0.05) is 6.07 Å². The number of rotatable bonds is 4. The van der Waals surface area contributed by atoms with Gasteiger partial charge in [0.1, 0.15) is 17.3 Å². The number of hydrogen-bond donors (Lipinski definition) is 1. The first-order chi connectivity index (χ1) is 15.5. The number of aryl methyl sites for hydroxylation is 1. The molecule has 2 amide bonds. The van der Waals surface area contributed by atoms with Gasteiger partial charge in [0, 0.05) is 37.4 Å². The summed E-state index contributed by atoms with van der Waals surface area (Å²) in [6.07, 6.45) is 0.693. The quantitative estimate of drug-likeness (QED) is 0.678. The van der Waals surface area contributed by atoms with Crippen molar-refractivity contribution in [3.63, 3.8) is 0 Å². The Labute approximate surface area is 185 Å². The van der Waals surface area contributed by atoms with Crippen LogP contribution in [0.5, 0.6) is 5.75 Å². The third-order valence-electron chi connectivity index (χ3n) is 6.21. The molecular formula is C23H24N6O3. The molecule has 0 aliphatic carbocycles. The third-order valence-corrected chi connectivity index (χ3v) is 6.21. The van der Waals surface area contributed by atoms with Crippen molar-refractivity contribution in [3.05, 3.63) is 65.5 Å². The van der Waals surface area contributed by atoms with E-state index in [-0.39, 0.29) is 17.7 Å². The Kier molecular flexibility index (Phi) is 5.08. The number of hydrogen-bond acceptors (Lipinski definition) is 6. The van der Waals surface area contributed by atoms with Gasteiger partial charge in [-0.3, -0.25) is 9.59 Å². The summed E-state index contributed by atoms with van der Waals surface area (Å²) in [5, 5.41) is 11.3. The second-order valence-electron chi connectivity index (χ2n) is 8.33. The van der Waals surface area contributed by atoms with Gasteiger partial charge >= 0.3 is 0 Å². The predicted molar refractivity (Wildman–Crippen MR) is 117 cm³/mol. The summed E-state index contributed by atoms with van der Waals surface area (Å²) in [6, 6.07) is 12.6. The van der Waals surface area contributed by atoms with Crippen LogP contribution < -0.4 is 10.1 Å². The van der Waals surface area contributed by atoms with Crippen molar-refractivity contribution in [2.75, 3.05) is 25.5 Å². The van der Waals surface area contributed by atoms with Crippen molar-refractivity contribution >= 4 is 17.5 Å². The van der Waals surface area contributed by atoms with E-state index in [1.165, 1.54) is 0 Å². The Morgan fingerprint density at radius 1 is 1.03 bits per heavy atom. The first-order valence-electron chi connectivity index (χ1n) is 10.6. The molecule has 2 aliphatic heterocycles. The fourth-order valence-electron chi connectivity index (χ4n) is 4.54. The Bertz CT molecular complexity index is 1170. The van der Waals surface area contributed by atoms with Crippen molar-refractivity contribution in [2.45, 2.75) is 19.9 Å². The standard InChI is InChI=1S/C23H24N6O3/c1-14-4-3-5-19(24-14)23(31)28-11-15-10-20-26-27-21(29(20)13-16(15)12-28)22(30)25-17-6-8-18(32-2)9-7-17/h3-9,15-16H,10-13H2,1-2H3,(H,25,30)/t15-,16+/m1/s1. The number of carbonyl (C=O) groups excluding carboxylic acids is 2. The molecule has 1 N–H and O–H groups in total. The molecule has 2 aliphatic rings. The second-order valence-corrected chi connectivity index (χ2v) is 8.33. The zero-order valence-corrected chi connectivity index (χ0v) is 18.0. The van der Waals surface area contributed by atoms with Crippen LogP contribution in [-0.2, 0) is 13.0 Å². The van der Waals surface area contributed by atoms with E-state index in [1.807, 2.05) is 28.5 Å². The Hall–Kier alpha value is -3.75. The lowest BCUT2D eigenvalue weighted by atomic mass is 9.89. The van der Waals surface area contributed by atoms with Gasteiger partial charge in [-0.15, -0.1) is 10.2 Å². The van der Waals surface area contributed by atoms with Crippen LogP contribution in [0.1, 0.15) is 32.6 Å². The van der Waals surface area contributed by atoms with Crippen LogP contribution >= 0.6 is 0 Å². The van der Waals surface area contributed by atoms with E-state index >= 15 is 0 Å². The molecule has 0 radical (unpaired) electrons. The molecule has 1 saturated heterocycles. The van der Waals surface area contributed by atoms with Gasteiger partial charge in [0.05, 0.1) is 7.11 Å². The number of aromatic nitrogens is 4. The molecule has 4 heterocycles. The van der Waals surface area contributed by atoms with Gasteiger partial charge < -0.3 is 19.5 Å². The van der Waals surface area contributed by atoms with Crippen LogP contribution in [0.3, 0.4) is 0 Å². The molecular weight excluding hydrogens is 408 g/mol. The molecule has 9 heteroatoms. The van der Waals surface area contributed by atoms with Gasteiger partial charge in [-0.25, -0.2) is 4.98 Å². The summed E-state index contributed by atoms with van der Waals surface area (Å²) in [7, 11) is 1.60. The lowest BCUT2D eigenvalue weighted by Crippen LogP contribution is -2.31. The minimum absolute atomic E-state index is 0.0451. The number of ether oxygens (including phenoxy) is 1. The number of nitrogens with one attached hydrogen (secondary N) is 1. The topological polar surface area (TPSA) is 102 Å². The molecule has 1 fully saturated rings. The summed E-state index contributed by atoms with van der Waals surface area (Å²) in [5.41, 5.74) is 1.96. The average molecular weight is 432 g/mol. The van der Waals surface area contributed by atoms with Gasteiger partial charge in [-0.2, -0.15) is 0 Å². The lowest BCUT2D eigenvalue weighted by molar-refractivity contribution is 0.0777. The molecule has 1 aromatic carbocycles. The highest BCUT2D eigenvalue weighted by Gasteiger charge is 2.41. The van der Waals surface area contributed by atoms with E-state index in [9.17, 15) is 9.59 Å². The number of benzene rings is 1. The molecule has 32 heavy (non-hydrogen) atoms. The molecule has 9 nitrogen and oxygen atoms in total. The van der Waals surface area contributed by atoms with E-state index < -0.39 is 0 Å². The van der Waals surface area contributed by atoms with E-state index in [0.29, 0.717) is 49.2 Å². The Morgan fingerprint density at radius 3 is 2.56 bits per heavy atom. The first-order valence-corrected chi connectivity index (χ1v) is 10.6. The monoisotopic (exact) mass is 432 g/mol. The van der Waals surface area contributed by atoms with E-state index in [4.69, 9.17) is 4.74 Å². The SMILES string of the molecule is COc1ccc(NC(=O)c2nnc3n2C[C@@H]2CN(C(=O)c4cccc(C)n4)C[C@H]2C3)cc1. The number of fused-ring (bicyclic) bond motifs is 2. The fraction of sp³-hybridized carbons (Fsp3) is 0.348. The van der Waals surface area contributed by atoms with Crippen LogP contribution in [0.2, 0.25) is 0 Å².